The van der Waals surface area contributed by atoms with Crippen LogP contribution in [-0.2, 0) is 10.8 Å². The standard InChI is InChI=1S/C55H70N2/c1-37(2)48-33-45(34-49(38(3)4)50(48)57-29-28-56-51(57)41-18-16-15-17-19-41)44-31-42(39-20-24-46(25-21-39)54(11,12)35-52(5,6)7)30-43(32-44)40-22-26-47(27-23-40)55(13,14)36-53(8,9)10/h15-34,37-38,51,56H,35-36H2,1-14H3. The second-order valence-electron chi connectivity index (χ2n) is 21.2. The van der Waals surface area contributed by atoms with Crippen molar-refractivity contribution in [3.63, 3.8) is 0 Å². The van der Waals surface area contributed by atoms with E-state index in [1.54, 1.807) is 0 Å². The average Bonchev–Trinajstić information content (AvgIpc) is 3.62. The predicted octanol–water partition coefficient (Wildman–Crippen LogP) is 15.9. The van der Waals surface area contributed by atoms with Crippen LogP contribution in [0.5, 0.6) is 0 Å². The van der Waals surface area contributed by atoms with Gasteiger partial charge in [-0.3, -0.25) is 0 Å². The van der Waals surface area contributed by atoms with Gasteiger partial charge in [-0.15, -0.1) is 0 Å². The number of hydrogen-bond donors (Lipinski definition) is 1. The normalized spacial score (nSPS) is 15.2. The Morgan fingerprint density at radius 2 is 0.877 bits per heavy atom. The van der Waals surface area contributed by atoms with Gasteiger partial charge in [0.1, 0.15) is 6.17 Å². The summed E-state index contributed by atoms with van der Waals surface area (Å²) < 4.78 is 0. The van der Waals surface area contributed by atoms with Gasteiger partial charge in [-0.25, -0.2) is 0 Å². The molecule has 2 nitrogen and oxygen atoms in total. The van der Waals surface area contributed by atoms with Crippen molar-refractivity contribution in [2.75, 3.05) is 4.90 Å². The van der Waals surface area contributed by atoms with Crippen LogP contribution >= 0.6 is 0 Å². The third-order valence-electron chi connectivity index (χ3n) is 11.8. The minimum absolute atomic E-state index is 0.0506. The highest BCUT2D eigenvalue weighted by Gasteiger charge is 2.30. The van der Waals surface area contributed by atoms with E-state index in [1.807, 2.05) is 0 Å². The first-order valence-electron chi connectivity index (χ1n) is 21.4. The molecule has 0 bridgehead atoms. The summed E-state index contributed by atoms with van der Waals surface area (Å²) in [5, 5.41) is 3.64. The number of nitrogens with one attached hydrogen (secondary N) is 1. The van der Waals surface area contributed by atoms with Crippen LogP contribution in [0, 0.1) is 10.8 Å². The molecule has 1 atom stereocenters. The maximum absolute atomic E-state index is 3.64. The van der Waals surface area contributed by atoms with Gasteiger partial charge in [-0.05, 0) is 138 Å². The summed E-state index contributed by atoms with van der Waals surface area (Å²) in [6, 6.07) is 41.8. The lowest BCUT2D eigenvalue weighted by atomic mass is 9.72. The van der Waals surface area contributed by atoms with Crippen molar-refractivity contribution in [3.8, 4) is 33.4 Å². The summed E-state index contributed by atoms with van der Waals surface area (Å²) in [6.45, 7) is 33.0. The van der Waals surface area contributed by atoms with Gasteiger partial charge in [0.05, 0.1) is 0 Å². The van der Waals surface area contributed by atoms with Gasteiger partial charge >= 0.3 is 0 Å². The van der Waals surface area contributed by atoms with E-state index in [-0.39, 0.29) is 27.8 Å². The molecule has 2 heteroatoms. The molecule has 0 radical (unpaired) electrons. The molecule has 5 aromatic rings. The zero-order valence-corrected chi connectivity index (χ0v) is 37.6. The van der Waals surface area contributed by atoms with E-state index >= 15 is 0 Å². The second kappa shape index (κ2) is 16.0. The number of nitrogens with zero attached hydrogens (tertiary/aromatic N) is 1. The van der Waals surface area contributed by atoms with Crippen LogP contribution in [0.25, 0.3) is 33.4 Å². The van der Waals surface area contributed by atoms with Crippen LogP contribution in [0.4, 0.5) is 5.69 Å². The molecule has 6 rings (SSSR count). The van der Waals surface area contributed by atoms with Crippen LogP contribution in [0.1, 0.15) is 156 Å². The van der Waals surface area contributed by atoms with E-state index in [9.17, 15) is 0 Å². The van der Waals surface area contributed by atoms with Crippen molar-refractivity contribution in [2.45, 2.75) is 139 Å². The smallest absolute Gasteiger partial charge is 0.129 e. The van der Waals surface area contributed by atoms with Crippen LogP contribution in [0.3, 0.4) is 0 Å². The maximum Gasteiger partial charge on any atom is 0.129 e. The molecule has 0 fully saturated rings. The van der Waals surface area contributed by atoms with Crippen molar-refractivity contribution in [2.24, 2.45) is 10.8 Å². The lowest BCUT2D eigenvalue weighted by molar-refractivity contribution is 0.283. The van der Waals surface area contributed by atoms with Gasteiger partial charge in [0.2, 0.25) is 0 Å². The molecule has 0 saturated heterocycles. The summed E-state index contributed by atoms with van der Waals surface area (Å²) >= 11 is 0. The van der Waals surface area contributed by atoms with Gasteiger partial charge in [0, 0.05) is 18.1 Å². The fraction of sp³-hybridized carbons (Fsp3) is 0.418. The van der Waals surface area contributed by atoms with Crippen molar-refractivity contribution in [1.82, 2.24) is 5.32 Å². The zero-order valence-electron chi connectivity index (χ0n) is 37.6. The van der Waals surface area contributed by atoms with Gasteiger partial charge in [0.25, 0.3) is 0 Å². The molecule has 1 aliphatic heterocycles. The maximum atomic E-state index is 3.64. The van der Waals surface area contributed by atoms with Crippen LogP contribution in [-0.4, -0.2) is 0 Å². The Morgan fingerprint density at radius 1 is 0.491 bits per heavy atom. The lowest BCUT2D eigenvalue weighted by Crippen LogP contribution is -2.28. The highest BCUT2D eigenvalue weighted by atomic mass is 15.3. The van der Waals surface area contributed by atoms with E-state index in [0.29, 0.717) is 11.8 Å². The molecule has 0 aliphatic carbocycles. The van der Waals surface area contributed by atoms with Crippen molar-refractivity contribution in [3.05, 3.63) is 149 Å². The molecule has 1 aliphatic rings. The Hall–Kier alpha value is -4.56. The number of rotatable bonds is 11. The minimum atomic E-state index is 0.0506. The average molecular weight is 759 g/mol. The summed E-state index contributed by atoms with van der Waals surface area (Å²) in [6.07, 6.45) is 6.63. The SMILES string of the molecule is CC(C)c1cc(-c2cc(-c3ccc(C(C)(C)CC(C)(C)C)cc3)cc(-c3ccc(C(C)(C)CC(C)(C)C)cc3)c2)cc(C(C)C)c1N1C=CNC1c1ccccc1. The molecular weight excluding hydrogens is 689 g/mol. The van der Waals surface area contributed by atoms with Crippen molar-refractivity contribution < 1.29 is 0 Å². The summed E-state index contributed by atoms with van der Waals surface area (Å²) in [5.41, 5.74) is 16.3. The molecule has 1 N–H and O–H groups in total. The highest BCUT2D eigenvalue weighted by Crippen LogP contribution is 2.45. The Bertz CT molecular complexity index is 2050. The first-order chi connectivity index (χ1) is 26.6. The van der Waals surface area contributed by atoms with Gasteiger partial charge in [-0.1, -0.05) is 176 Å². The molecular formula is C55H70N2. The summed E-state index contributed by atoms with van der Waals surface area (Å²) in [5.74, 6) is 0.664. The van der Waals surface area contributed by atoms with E-state index in [1.165, 1.54) is 66.9 Å². The monoisotopic (exact) mass is 759 g/mol. The molecule has 300 valence electrons. The Balaban J connectivity index is 1.50. The van der Waals surface area contributed by atoms with Crippen LogP contribution < -0.4 is 10.2 Å². The van der Waals surface area contributed by atoms with E-state index in [0.717, 1.165) is 12.8 Å². The Labute approximate surface area is 346 Å². The van der Waals surface area contributed by atoms with E-state index < -0.39 is 0 Å². The molecule has 1 heterocycles. The highest BCUT2D eigenvalue weighted by molar-refractivity contribution is 5.83. The fourth-order valence-electron chi connectivity index (χ4n) is 9.71. The molecule has 0 spiro atoms. The van der Waals surface area contributed by atoms with Crippen LogP contribution in [0.2, 0.25) is 0 Å². The van der Waals surface area contributed by atoms with Gasteiger partial charge in [0.15, 0.2) is 0 Å². The largest absolute Gasteiger partial charge is 0.366 e. The third kappa shape index (κ3) is 9.77. The second-order valence-corrected chi connectivity index (χ2v) is 21.2. The lowest BCUT2D eigenvalue weighted by Gasteiger charge is -2.33. The molecule has 1 unspecified atom stereocenters. The molecule has 5 aromatic carbocycles. The fourth-order valence-corrected chi connectivity index (χ4v) is 9.71. The third-order valence-corrected chi connectivity index (χ3v) is 11.8. The summed E-state index contributed by atoms with van der Waals surface area (Å²) in [7, 11) is 0. The number of benzene rings is 5. The predicted molar refractivity (Wildman–Crippen MR) is 249 cm³/mol. The van der Waals surface area contributed by atoms with Gasteiger partial charge in [-0.2, -0.15) is 0 Å². The number of anilines is 1. The first-order valence-corrected chi connectivity index (χ1v) is 21.4. The van der Waals surface area contributed by atoms with Crippen LogP contribution in [0.15, 0.2) is 122 Å². The van der Waals surface area contributed by atoms with Crippen molar-refractivity contribution in [1.29, 1.82) is 0 Å². The number of hydrogen-bond acceptors (Lipinski definition) is 2. The topological polar surface area (TPSA) is 15.3 Å². The van der Waals surface area contributed by atoms with E-state index in [4.69, 9.17) is 0 Å². The molecule has 0 amide bonds. The first kappa shape index (κ1) is 42.1. The summed E-state index contributed by atoms with van der Waals surface area (Å²) in [4.78, 5) is 2.46. The Morgan fingerprint density at radius 3 is 1.26 bits per heavy atom. The van der Waals surface area contributed by atoms with E-state index in [2.05, 4.69) is 229 Å². The molecule has 0 aromatic heterocycles. The molecule has 0 saturated carbocycles. The minimum Gasteiger partial charge on any atom is -0.366 e. The van der Waals surface area contributed by atoms with Crippen molar-refractivity contribution >= 4 is 5.69 Å². The quantitative estimate of drug-likeness (QED) is 0.144. The zero-order chi connectivity index (χ0) is 41.5. The van der Waals surface area contributed by atoms with Gasteiger partial charge < -0.3 is 10.2 Å². The molecule has 57 heavy (non-hydrogen) atoms. The Kier molecular flexibility index (Phi) is 11.8.